The first-order valence-corrected chi connectivity index (χ1v) is 7.40. The number of carbonyl (C=O) groups is 2. The fourth-order valence-electron chi connectivity index (χ4n) is 2.03. The van der Waals surface area contributed by atoms with Gasteiger partial charge in [0.25, 0.3) is 5.91 Å². The Morgan fingerprint density at radius 1 is 1.12 bits per heavy atom. The molecule has 0 fully saturated rings. The smallest absolute Gasteiger partial charge is 0.335 e. The van der Waals surface area contributed by atoms with Crippen LogP contribution in [-0.4, -0.2) is 30.2 Å². The second-order valence-electron chi connectivity index (χ2n) is 5.16. The summed E-state index contributed by atoms with van der Waals surface area (Å²) in [6.45, 7) is 1.95. The van der Waals surface area contributed by atoms with E-state index >= 15 is 0 Å². The quantitative estimate of drug-likeness (QED) is 0.815. The van der Waals surface area contributed by atoms with Gasteiger partial charge in [-0.2, -0.15) is 0 Å². The summed E-state index contributed by atoms with van der Waals surface area (Å²) in [6, 6.07) is 13.3. The number of carboxylic acids is 1. The highest BCUT2D eigenvalue weighted by molar-refractivity contribution is 5.87. The van der Waals surface area contributed by atoms with Gasteiger partial charge in [0.2, 0.25) is 0 Å². The van der Waals surface area contributed by atoms with Crippen LogP contribution in [0.15, 0.2) is 48.5 Å². The van der Waals surface area contributed by atoms with Crippen LogP contribution in [-0.2, 0) is 11.3 Å². The SMILES string of the molecule is COc1cccc(OC(C)C(=O)NCc2ccc(C(=O)O)cc2)c1. The summed E-state index contributed by atoms with van der Waals surface area (Å²) in [5.41, 5.74) is 1.02. The third kappa shape index (κ3) is 4.74. The molecule has 6 nitrogen and oxygen atoms in total. The van der Waals surface area contributed by atoms with Crippen LogP contribution in [0.2, 0.25) is 0 Å². The normalized spacial score (nSPS) is 11.4. The Bertz CT molecular complexity index is 712. The zero-order chi connectivity index (χ0) is 17.5. The molecule has 126 valence electrons. The Morgan fingerprint density at radius 3 is 2.42 bits per heavy atom. The fraction of sp³-hybridized carbons (Fsp3) is 0.222. The zero-order valence-electron chi connectivity index (χ0n) is 13.5. The zero-order valence-corrected chi connectivity index (χ0v) is 13.5. The van der Waals surface area contributed by atoms with Crippen molar-refractivity contribution >= 4 is 11.9 Å². The molecule has 2 aromatic carbocycles. The number of hydrogen-bond donors (Lipinski definition) is 2. The third-order valence-electron chi connectivity index (χ3n) is 3.39. The van der Waals surface area contributed by atoms with Gasteiger partial charge in [-0.15, -0.1) is 0 Å². The number of carboxylic acid groups (broad SMARTS) is 1. The molecule has 1 atom stereocenters. The van der Waals surface area contributed by atoms with E-state index in [0.29, 0.717) is 18.0 Å². The van der Waals surface area contributed by atoms with Crippen molar-refractivity contribution in [3.8, 4) is 11.5 Å². The summed E-state index contributed by atoms with van der Waals surface area (Å²) >= 11 is 0. The van der Waals surface area contributed by atoms with Crippen LogP contribution in [0, 0.1) is 0 Å². The summed E-state index contributed by atoms with van der Waals surface area (Å²) < 4.78 is 10.7. The minimum Gasteiger partial charge on any atom is -0.497 e. The molecule has 0 saturated heterocycles. The number of carbonyl (C=O) groups excluding carboxylic acids is 1. The van der Waals surface area contributed by atoms with Crippen LogP contribution in [0.5, 0.6) is 11.5 Å². The van der Waals surface area contributed by atoms with Crippen LogP contribution in [0.4, 0.5) is 0 Å². The molecule has 2 N–H and O–H groups in total. The molecule has 0 bridgehead atoms. The highest BCUT2D eigenvalue weighted by Crippen LogP contribution is 2.20. The van der Waals surface area contributed by atoms with Gasteiger partial charge in [-0.05, 0) is 36.8 Å². The van der Waals surface area contributed by atoms with Crippen molar-refractivity contribution < 1.29 is 24.2 Å². The molecule has 0 spiro atoms. The van der Waals surface area contributed by atoms with E-state index in [4.69, 9.17) is 14.6 Å². The van der Waals surface area contributed by atoms with Gasteiger partial charge in [-0.1, -0.05) is 18.2 Å². The molecule has 0 aliphatic rings. The molecular weight excluding hydrogens is 310 g/mol. The lowest BCUT2D eigenvalue weighted by Crippen LogP contribution is -2.35. The van der Waals surface area contributed by atoms with Crippen LogP contribution in [0.25, 0.3) is 0 Å². The predicted molar refractivity (Wildman–Crippen MR) is 88.3 cm³/mol. The molecule has 0 radical (unpaired) electrons. The molecule has 0 saturated carbocycles. The van der Waals surface area contributed by atoms with Crippen LogP contribution < -0.4 is 14.8 Å². The second-order valence-corrected chi connectivity index (χ2v) is 5.16. The first kappa shape index (κ1) is 17.3. The topological polar surface area (TPSA) is 84.9 Å². The summed E-state index contributed by atoms with van der Waals surface area (Å²) in [4.78, 5) is 22.9. The second kappa shape index (κ2) is 8.01. The van der Waals surface area contributed by atoms with Crippen molar-refractivity contribution in [3.63, 3.8) is 0 Å². The van der Waals surface area contributed by atoms with E-state index in [0.717, 1.165) is 5.56 Å². The summed E-state index contributed by atoms with van der Waals surface area (Å²) in [6.07, 6.45) is -0.671. The highest BCUT2D eigenvalue weighted by atomic mass is 16.5. The molecule has 2 rings (SSSR count). The molecule has 0 aliphatic heterocycles. The number of aromatic carboxylic acids is 1. The first-order chi connectivity index (χ1) is 11.5. The van der Waals surface area contributed by atoms with Gasteiger partial charge in [0.05, 0.1) is 12.7 Å². The van der Waals surface area contributed by atoms with E-state index in [1.165, 1.54) is 12.1 Å². The van der Waals surface area contributed by atoms with Gasteiger partial charge in [0.15, 0.2) is 6.10 Å². The monoisotopic (exact) mass is 329 g/mol. The maximum Gasteiger partial charge on any atom is 0.335 e. The summed E-state index contributed by atoms with van der Waals surface area (Å²) in [5.74, 6) is -0.0486. The van der Waals surface area contributed by atoms with E-state index in [9.17, 15) is 9.59 Å². The molecule has 24 heavy (non-hydrogen) atoms. The largest absolute Gasteiger partial charge is 0.497 e. The molecule has 2 aromatic rings. The van der Waals surface area contributed by atoms with E-state index in [2.05, 4.69) is 5.32 Å². The average Bonchev–Trinajstić information content (AvgIpc) is 2.60. The van der Waals surface area contributed by atoms with E-state index < -0.39 is 12.1 Å². The number of ether oxygens (including phenoxy) is 2. The molecule has 1 unspecified atom stereocenters. The molecule has 1 amide bonds. The summed E-state index contributed by atoms with van der Waals surface area (Å²) in [7, 11) is 1.56. The Morgan fingerprint density at radius 2 is 1.79 bits per heavy atom. The minimum absolute atomic E-state index is 0.208. The maximum absolute atomic E-state index is 12.1. The number of nitrogens with one attached hydrogen (secondary N) is 1. The van der Waals surface area contributed by atoms with E-state index in [1.54, 1.807) is 50.4 Å². The molecular formula is C18H19NO5. The Balaban J connectivity index is 1.88. The lowest BCUT2D eigenvalue weighted by atomic mass is 10.1. The van der Waals surface area contributed by atoms with E-state index in [1.807, 2.05) is 0 Å². The molecule has 6 heteroatoms. The van der Waals surface area contributed by atoms with Crippen molar-refractivity contribution in [1.82, 2.24) is 5.32 Å². The van der Waals surface area contributed by atoms with Crippen LogP contribution >= 0.6 is 0 Å². The molecule has 0 aromatic heterocycles. The minimum atomic E-state index is -0.981. The Labute approximate surface area is 140 Å². The maximum atomic E-state index is 12.1. The average molecular weight is 329 g/mol. The van der Waals surface area contributed by atoms with Gasteiger partial charge in [-0.3, -0.25) is 4.79 Å². The van der Waals surface area contributed by atoms with Crippen molar-refractivity contribution in [2.45, 2.75) is 19.6 Å². The molecule has 0 heterocycles. The summed E-state index contributed by atoms with van der Waals surface area (Å²) in [5, 5.41) is 11.6. The number of amides is 1. The Hall–Kier alpha value is -3.02. The van der Waals surface area contributed by atoms with Crippen molar-refractivity contribution in [3.05, 3.63) is 59.7 Å². The van der Waals surface area contributed by atoms with Gasteiger partial charge in [0.1, 0.15) is 11.5 Å². The number of rotatable bonds is 7. The lowest BCUT2D eigenvalue weighted by molar-refractivity contribution is -0.127. The van der Waals surface area contributed by atoms with Crippen molar-refractivity contribution in [2.75, 3.05) is 7.11 Å². The van der Waals surface area contributed by atoms with Gasteiger partial charge in [0, 0.05) is 12.6 Å². The lowest BCUT2D eigenvalue weighted by Gasteiger charge is -2.15. The number of benzene rings is 2. The van der Waals surface area contributed by atoms with Crippen LogP contribution in [0.3, 0.4) is 0 Å². The third-order valence-corrected chi connectivity index (χ3v) is 3.39. The van der Waals surface area contributed by atoms with Crippen molar-refractivity contribution in [2.24, 2.45) is 0 Å². The van der Waals surface area contributed by atoms with Gasteiger partial charge >= 0.3 is 5.97 Å². The predicted octanol–water partition coefficient (Wildman–Crippen LogP) is 2.48. The first-order valence-electron chi connectivity index (χ1n) is 7.40. The Kier molecular flexibility index (Phi) is 5.78. The van der Waals surface area contributed by atoms with E-state index in [-0.39, 0.29) is 11.5 Å². The fourth-order valence-corrected chi connectivity index (χ4v) is 2.03. The highest BCUT2D eigenvalue weighted by Gasteiger charge is 2.14. The van der Waals surface area contributed by atoms with Gasteiger partial charge < -0.3 is 19.9 Å². The standard InChI is InChI=1S/C18H19NO5/c1-12(24-16-5-3-4-15(10-16)23-2)17(20)19-11-13-6-8-14(9-7-13)18(21)22/h3-10,12H,11H2,1-2H3,(H,19,20)(H,21,22). The van der Waals surface area contributed by atoms with Crippen molar-refractivity contribution in [1.29, 1.82) is 0 Å². The number of hydrogen-bond acceptors (Lipinski definition) is 4. The number of methoxy groups -OCH3 is 1. The van der Waals surface area contributed by atoms with Crippen LogP contribution in [0.1, 0.15) is 22.8 Å². The van der Waals surface area contributed by atoms with Gasteiger partial charge in [-0.25, -0.2) is 4.79 Å². The molecule has 0 aliphatic carbocycles.